The van der Waals surface area contributed by atoms with Gasteiger partial charge in [0.05, 0.1) is 11.6 Å². The standard InChI is InChI=1S/C27H23N3O2S/c1-18-7-13-23(14-8-18)30-16-21(15-25(30)31)26(32)28-22-11-9-19(10-12-22)24-17-33-27(29-24)20-5-3-2-4-6-20/h2-14,17,21H,15-16H2,1H3,(H,28,32)/t21-/m0/s1. The first-order valence-corrected chi connectivity index (χ1v) is 11.7. The zero-order valence-electron chi connectivity index (χ0n) is 18.2. The van der Waals surface area contributed by atoms with Gasteiger partial charge < -0.3 is 10.2 Å². The van der Waals surface area contributed by atoms with Gasteiger partial charge >= 0.3 is 0 Å². The van der Waals surface area contributed by atoms with Crippen LogP contribution in [-0.2, 0) is 9.59 Å². The molecule has 1 atom stereocenters. The fourth-order valence-corrected chi connectivity index (χ4v) is 4.78. The summed E-state index contributed by atoms with van der Waals surface area (Å²) < 4.78 is 0. The predicted octanol–water partition coefficient (Wildman–Crippen LogP) is 5.78. The number of thiazole rings is 1. The maximum atomic E-state index is 12.8. The summed E-state index contributed by atoms with van der Waals surface area (Å²) in [4.78, 5) is 31.7. The average molecular weight is 454 g/mol. The van der Waals surface area contributed by atoms with Crippen molar-refractivity contribution in [3.05, 3.63) is 89.8 Å². The van der Waals surface area contributed by atoms with E-state index in [-0.39, 0.29) is 24.2 Å². The maximum absolute atomic E-state index is 12.8. The van der Waals surface area contributed by atoms with Gasteiger partial charge in [0.25, 0.3) is 0 Å². The Morgan fingerprint density at radius 3 is 2.42 bits per heavy atom. The molecule has 3 aromatic carbocycles. The summed E-state index contributed by atoms with van der Waals surface area (Å²) in [5.41, 5.74) is 5.69. The largest absolute Gasteiger partial charge is 0.326 e. The lowest BCUT2D eigenvalue weighted by atomic mass is 10.1. The van der Waals surface area contributed by atoms with Gasteiger partial charge in [-0.3, -0.25) is 9.59 Å². The first kappa shape index (κ1) is 21.1. The molecule has 164 valence electrons. The van der Waals surface area contributed by atoms with Gasteiger partial charge in [-0.05, 0) is 31.2 Å². The van der Waals surface area contributed by atoms with Crippen LogP contribution in [0.25, 0.3) is 21.8 Å². The van der Waals surface area contributed by atoms with Crippen LogP contribution >= 0.6 is 11.3 Å². The molecule has 2 amide bonds. The molecule has 33 heavy (non-hydrogen) atoms. The van der Waals surface area contributed by atoms with E-state index in [1.807, 2.05) is 79.0 Å². The van der Waals surface area contributed by atoms with Gasteiger partial charge in [0, 0.05) is 40.8 Å². The number of nitrogens with zero attached hydrogens (tertiary/aromatic N) is 2. The zero-order chi connectivity index (χ0) is 22.8. The second kappa shape index (κ2) is 9.00. The van der Waals surface area contributed by atoms with Gasteiger partial charge in [-0.25, -0.2) is 4.98 Å². The summed E-state index contributed by atoms with van der Waals surface area (Å²) in [6.07, 6.45) is 0.221. The topological polar surface area (TPSA) is 62.3 Å². The normalized spacial score (nSPS) is 15.6. The van der Waals surface area contributed by atoms with Crippen LogP contribution in [0, 0.1) is 12.8 Å². The van der Waals surface area contributed by atoms with E-state index in [2.05, 4.69) is 17.4 Å². The Balaban J connectivity index is 1.23. The van der Waals surface area contributed by atoms with Crippen LogP contribution in [0.5, 0.6) is 0 Å². The highest BCUT2D eigenvalue weighted by molar-refractivity contribution is 7.13. The minimum Gasteiger partial charge on any atom is -0.326 e. The van der Waals surface area contributed by atoms with Gasteiger partial charge in [0.15, 0.2) is 0 Å². The van der Waals surface area contributed by atoms with E-state index >= 15 is 0 Å². The van der Waals surface area contributed by atoms with Crippen molar-refractivity contribution in [1.29, 1.82) is 0 Å². The lowest BCUT2D eigenvalue weighted by Crippen LogP contribution is -2.28. The lowest BCUT2D eigenvalue weighted by Gasteiger charge is -2.17. The van der Waals surface area contributed by atoms with Crippen LogP contribution in [0.4, 0.5) is 11.4 Å². The second-order valence-electron chi connectivity index (χ2n) is 8.21. The number of anilines is 2. The average Bonchev–Trinajstić information content (AvgIpc) is 3.48. The fraction of sp³-hybridized carbons (Fsp3) is 0.148. The number of rotatable bonds is 5. The van der Waals surface area contributed by atoms with E-state index in [4.69, 9.17) is 4.98 Å². The van der Waals surface area contributed by atoms with Crippen molar-refractivity contribution in [3.8, 4) is 21.8 Å². The Kier molecular flexibility index (Phi) is 5.75. The number of benzene rings is 3. The van der Waals surface area contributed by atoms with E-state index in [9.17, 15) is 9.59 Å². The van der Waals surface area contributed by atoms with Crippen LogP contribution in [0.1, 0.15) is 12.0 Å². The highest BCUT2D eigenvalue weighted by Gasteiger charge is 2.35. The molecule has 6 heteroatoms. The van der Waals surface area contributed by atoms with E-state index in [0.29, 0.717) is 12.2 Å². The predicted molar refractivity (Wildman–Crippen MR) is 133 cm³/mol. The van der Waals surface area contributed by atoms with Gasteiger partial charge in [-0.2, -0.15) is 0 Å². The van der Waals surface area contributed by atoms with Crippen molar-refractivity contribution in [3.63, 3.8) is 0 Å². The molecule has 0 aliphatic carbocycles. The van der Waals surface area contributed by atoms with Crippen molar-refractivity contribution in [2.75, 3.05) is 16.8 Å². The van der Waals surface area contributed by atoms with Crippen molar-refractivity contribution < 1.29 is 9.59 Å². The molecule has 1 saturated heterocycles. The Morgan fingerprint density at radius 1 is 0.970 bits per heavy atom. The summed E-state index contributed by atoms with van der Waals surface area (Å²) in [6, 6.07) is 25.6. The molecule has 1 N–H and O–H groups in total. The molecule has 0 unspecified atom stereocenters. The first-order chi connectivity index (χ1) is 16.1. The van der Waals surface area contributed by atoms with Crippen molar-refractivity contribution in [2.24, 2.45) is 5.92 Å². The maximum Gasteiger partial charge on any atom is 0.229 e. The molecular weight excluding hydrogens is 430 g/mol. The third-order valence-corrected chi connectivity index (χ3v) is 6.71. The molecule has 2 heterocycles. The number of aromatic nitrogens is 1. The van der Waals surface area contributed by atoms with E-state index in [0.717, 1.165) is 33.1 Å². The number of hydrogen-bond acceptors (Lipinski definition) is 4. The Morgan fingerprint density at radius 2 is 1.70 bits per heavy atom. The lowest BCUT2D eigenvalue weighted by molar-refractivity contribution is -0.122. The van der Waals surface area contributed by atoms with Crippen molar-refractivity contribution >= 4 is 34.5 Å². The number of carbonyl (C=O) groups is 2. The van der Waals surface area contributed by atoms with Crippen LogP contribution < -0.4 is 10.2 Å². The van der Waals surface area contributed by atoms with Crippen LogP contribution in [-0.4, -0.2) is 23.3 Å². The SMILES string of the molecule is Cc1ccc(N2C[C@@H](C(=O)Nc3ccc(-c4csc(-c5ccccc5)n4)cc3)CC2=O)cc1. The van der Waals surface area contributed by atoms with Gasteiger partial charge in [-0.1, -0.05) is 60.2 Å². The van der Waals surface area contributed by atoms with Crippen LogP contribution in [0.15, 0.2) is 84.2 Å². The minimum absolute atomic E-state index is 0.0212. The van der Waals surface area contributed by atoms with Crippen molar-refractivity contribution in [2.45, 2.75) is 13.3 Å². The number of hydrogen-bond donors (Lipinski definition) is 1. The Bertz CT molecular complexity index is 1280. The summed E-state index contributed by atoms with van der Waals surface area (Å²) >= 11 is 1.61. The Labute approximate surface area is 196 Å². The molecule has 0 saturated carbocycles. The minimum atomic E-state index is -0.370. The molecule has 0 spiro atoms. The number of nitrogens with one attached hydrogen (secondary N) is 1. The molecule has 0 radical (unpaired) electrons. The van der Waals surface area contributed by atoms with E-state index in [1.54, 1.807) is 16.2 Å². The summed E-state index contributed by atoms with van der Waals surface area (Å²) in [6.45, 7) is 2.40. The zero-order valence-corrected chi connectivity index (χ0v) is 19.0. The second-order valence-corrected chi connectivity index (χ2v) is 9.07. The molecule has 0 bridgehead atoms. The molecule has 1 aliphatic heterocycles. The quantitative estimate of drug-likeness (QED) is 0.417. The van der Waals surface area contributed by atoms with Gasteiger partial charge in [-0.15, -0.1) is 11.3 Å². The van der Waals surface area contributed by atoms with Crippen molar-refractivity contribution in [1.82, 2.24) is 4.98 Å². The monoisotopic (exact) mass is 453 g/mol. The highest BCUT2D eigenvalue weighted by atomic mass is 32.1. The summed E-state index contributed by atoms with van der Waals surface area (Å²) in [5.74, 6) is -0.525. The molecular formula is C27H23N3O2S. The molecule has 1 aliphatic rings. The number of carbonyl (C=O) groups excluding carboxylic acids is 2. The smallest absolute Gasteiger partial charge is 0.229 e. The van der Waals surface area contributed by atoms with E-state index < -0.39 is 0 Å². The first-order valence-electron chi connectivity index (χ1n) is 10.9. The molecule has 4 aromatic rings. The number of aryl methyl sites for hydroxylation is 1. The fourth-order valence-electron chi connectivity index (χ4n) is 3.95. The van der Waals surface area contributed by atoms with Crippen LogP contribution in [0.2, 0.25) is 0 Å². The van der Waals surface area contributed by atoms with Gasteiger partial charge in [0.2, 0.25) is 11.8 Å². The third-order valence-electron chi connectivity index (χ3n) is 5.81. The molecule has 5 nitrogen and oxygen atoms in total. The summed E-state index contributed by atoms with van der Waals surface area (Å²) in [7, 11) is 0. The highest BCUT2D eigenvalue weighted by Crippen LogP contribution is 2.30. The van der Waals surface area contributed by atoms with Crippen LogP contribution in [0.3, 0.4) is 0 Å². The third kappa shape index (κ3) is 4.56. The van der Waals surface area contributed by atoms with E-state index in [1.165, 1.54) is 0 Å². The molecule has 5 rings (SSSR count). The molecule has 1 aromatic heterocycles. The Hall–Kier alpha value is -3.77. The number of amides is 2. The molecule has 1 fully saturated rings. The summed E-state index contributed by atoms with van der Waals surface area (Å²) in [5, 5.41) is 5.98. The van der Waals surface area contributed by atoms with Gasteiger partial charge in [0.1, 0.15) is 5.01 Å².